The van der Waals surface area contributed by atoms with E-state index < -0.39 is 5.91 Å². The van der Waals surface area contributed by atoms with Crippen LogP contribution in [-0.4, -0.2) is 51.6 Å². The van der Waals surface area contributed by atoms with Gasteiger partial charge in [0.1, 0.15) is 5.69 Å². The van der Waals surface area contributed by atoms with Crippen LogP contribution in [0.4, 0.5) is 11.4 Å². The minimum absolute atomic E-state index is 0.113. The number of aromatic nitrogens is 5. The first-order chi connectivity index (χ1) is 19.0. The van der Waals surface area contributed by atoms with Crippen LogP contribution in [0, 0.1) is 11.3 Å². The number of rotatable bonds is 8. The van der Waals surface area contributed by atoms with E-state index in [1.54, 1.807) is 61.7 Å². The number of nitriles is 1. The van der Waals surface area contributed by atoms with E-state index in [0.29, 0.717) is 39.5 Å². The monoisotopic (exact) mass is 522 g/mol. The fourth-order valence-electron chi connectivity index (χ4n) is 4.13. The van der Waals surface area contributed by atoms with Crippen LogP contribution in [0.25, 0.3) is 22.3 Å². The van der Waals surface area contributed by atoms with Gasteiger partial charge in [0.25, 0.3) is 5.91 Å². The molecule has 5 rings (SSSR count). The Hall–Kier alpha value is -5.70. The van der Waals surface area contributed by atoms with Crippen LogP contribution in [0.1, 0.15) is 21.6 Å². The molecule has 0 saturated carbocycles. The number of amides is 2. The predicted molar refractivity (Wildman–Crippen MR) is 142 cm³/mol. The largest absolute Gasteiger partial charge is 0.493 e. The molecule has 2 aromatic heterocycles. The van der Waals surface area contributed by atoms with Crippen molar-refractivity contribution in [2.75, 3.05) is 24.9 Å². The third-order valence-corrected chi connectivity index (χ3v) is 5.97. The number of ether oxygens (including phenoxy) is 2. The summed E-state index contributed by atoms with van der Waals surface area (Å²) in [7, 11) is 3.09. The van der Waals surface area contributed by atoms with Gasteiger partial charge in [-0.3, -0.25) is 9.59 Å². The summed E-state index contributed by atoms with van der Waals surface area (Å²) in [6, 6.07) is 19.2. The maximum absolute atomic E-state index is 13.2. The average molecular weight is 523 g/mol. The number of tetrazole rings is 1. The highest BCUT2D eigenvalue weighted by atomic mass is 16.5. The van der Waals surface area contributed by atoms with Crippen LogP contribution in [0.5, 0.6) is 11.5 Å². The van der Waals surface area contributed by atoms with Gasteiger partial charge in [-0.25, -0.2) is 0 Å². The van der Waals surface area contributed by atoms with E-state index in [9.17, 15) is 14.9 Å². The van der Waals surface area contributed by atoms with Crippen molar-refractivity contribution in [1.82, 2.24) is 25.6 Å². The third kappa shape index (κ3) is 5.23. The molecule has 0 aliphatic heterocycles. The molecule has 0 bridgehead atoms. The maximum atomic E-state index is 13.2. The van der Waals surface area contributed by atoms with Gasteiger partial charge in [-0.2, -0.15) is 10.5 Å². The van der Waals surface area contributed by atoms with Crippen molar-refractivity contribution in [3.8, 4) is 29.0 Å². The highest BCUT2D eigenvalue weighted by Crippen LogP contribution is 2.29. The quantitative estimate of drug-likeness (QED) is 0.239. The van der Waals surface area contributed by atoms with Crippen molar-refractivity contribution in [2.24, 2.45) is 0 Å². The lowest BCUT2D eigenvalue weighted by Gasteiger charge is -2.10. The van der Waals surface area contributed by atoms with Gasteiger partial charge in [-0.1, -0.05) is 18.2 Å². The van der Waals surface area contributed by atoms with Crippen LogP contribution in [0.15, 0.2) is 60.7 Å². The Morgan fingerprint density at radius 2 is 1.82 bits per heavy atom. The first-order valence-electron chi connectivity index (χ1n) is 11.7. The SMILES string of the molecule is COc1ccc(CC(=O)Nc2cccc3cc(C(=O)Nc4ccc(C#N)cc4-c4nn[nH]n4)[nH]c23)cc1OC. The van der Waals surface area contributed by atoms with Gasteiger partial charge in [0, 0.05) is 10.9 Å². The number of hydrogen-bond acceptors (Lipinski definition) is 8. The summed E-state index contributed by atoms with van der Waals surface area (Å²) in [5.41, 5.74) is 3.38. The lowest BCUT2D eigenvalue weighted by molar-refractivity contribution is -0.115. The molecule has 0 spiro atoms. The van der Waals surface area contributed by atoms with Gasteiger partial charge in [-0.05, 0) is 53.2 Å². The minimum atomic E-state index is -0.428. The fourth-order valence-corrected chi connectivity index (χ4v) is 4.13. The van der Waals surface area contributed by atoms with Gasteiger partial charge in [0.2, 0.25) is 11.7 Å². The topological polar surface area (TPSA) is 171 Å². The zero-order chi connectivity index (χ0) is 27.4. The summed E-state index contributed by atoms with van der Waals surface area (Å²) in [5.74, 6) is 0.683. The number of H-pyrrole nitrogens is 2. The summed E-state index contributed by atoms with van der Waals surface area (Å²) in [4.78, 5) is 29.1. The first kappa shape index (κ1) is 25.0. The van der Waals surface area contributed by atoms with Crippen LogP contribution >= 0.6 is 0 Å². The Balaban J connectivity index is 1.36. The molecule has 194 valence electrons. The molecule has 5 aromatic rings. The molecule has 0 radical (unpaired) electrons. The number of para-hydroxylation sites is 1. The van der Waals surface area contributed by atoms with Crippen LogP contribution in [0.2, 0.25) is 0 Å². The van der Waals surface area contributed by atoms with Gasteiger partial charge < -0.3 is 25.1 Å². The van der Waals surface area contributed by atoms with Crippen molar-refractivity contribution in [3.63, 3.8) is 0 Å². The Kier molecular flexibility index (Phi) is 6.87. The molecule has 2 amide bonds. The molecule has 2 heterocycles. The minimum Gasteiger partial charge on any atom is -0.493 e. The number of nitrogens with zero attached hydrogens (tertiary/aromatic N) is 4. The summed E-state index contributed by atoms with van der Waals surface area (Å²) < 4.78 is 10.6. The summed E-state index contributed by atoms with van der Waals surface area (Å²) in [6.45, 7) is 0. The molecular weight excluding hydrogens is 500 g/mol. The summed E-state index contributed by atoms with van der Waals surface area (Å²) in [6.07, 6.45) is 0.113. The van der Waals surface area contributed by atoms with Gasteiger partial charge in [-0.15, -0.1) is 10.2 Å². The number of aromatic amines is 2. The van der Waals surface area contributed by atoms with E-state index in [1.807, 2.05) is 6.07 Å². The molecular formula is C27H22N8O4. The lowest BCUT2D eigenvalue weighted by Crippen LogP contribution is -2.15. The van der Waals surface area contributed by atoms with Crippen LogP contribution in [0.3, 0.4) is 0 Å². The average Bonchev–Trinajstić information content (AvgIpc) is 3.64. The van der Waals surface area contributed by atoms with Crippen LogP contribution < -0.4 is 20.1 Å². The van der Waals surface area contributed by atoms with Gasteiger partial charge in [0.05, 0.1) is 49.2 Å². The fraction of sp³-hybridized carbons (Fsp3) is 0.111. The zero-order valence-corrected chi connectivity index (χ0v) is 20.9. The van der Waals surface area contributed by atoms with E-state index in [1.165, 1.54) is 7.11 Å². The summed E-state index contributed by atoms with van der Waals surface area (Å²) in [5, 5.41) is 29.6. The maximum Gasteiger partial charge on any atom is 0.272 e. The van der Waals surface area contributed by atoms with Crippen molar-refractivity contribution < 1.29 is 19.1 Å². The zero-order valence-electron chi connectivity index (χ0n) is 20.9. The second-order valence-electron chi connectivity index (χ2n) is 8.43. The number of carbonyl (C=O) groups is 2. The highest BCUT2D eigenvalue weighted by Gasteiger charge is 2.17. The lowest BCUT2D eigenvalue weighted by atomic mass is 10.1. The Labute approximate surface area is 221 Å². The third-order valence-electron chi connectivity index (χ3n) is 5.97. The molecule has 3 aromatic carbocycles. The molecule has 0 aliphatic rings. The van der Waals surface area contributed by atoms with Crippen molar-refractivity contribution in [2.45, 2.75) is 6.42 Å². The molecule has 0 unspecified atom stereocenters. The molecule has 4 N–H and O–H groups in total. The predicted octanol–water partition coefficient (Wildman–Crippen LogP) is 3.67. The number of benzene rings is 3. The first-order valence-corrected chi connectivity index (χ1v) is 11.7. The molecule has 39 heavy (non-hydrogen) atoms. The Morgan fingerprint density at radius 1 is 0.974 bits per heavy atom. The number of fused-ring (bicyclic) bond motifs is 1. The normalized spacial score (nSPS) is 10.6. The Morgan fingerprint density at radius 3 is 2.56 bits per heavy atom. The standard InChI is InChI=1S/C27H22N8O4/c1-38-22-9-7-15(11-23(22)39-2)12-24(36)29-20-5-3-4-17-13-21(30-25(17)20)27(37)31-19-8-6-16(14-28)10-18(19)26-32-34-35-33-26/h3-11,13,30H,12H2,1-2H3,(H,29,36)(H,31,37)(H,32,33,34,35). The number of carbonyl (C=O) groups excluding carboxylic acids is 2. The smallest absolute Gasteiger partial charge is 0.272 e. The Bertz CT molecular complexity index is 1720. The molecule has 0 aliphatic carbocycles. The van der Waals surface area contributed by atoms with Crippen molar-refractivity contribution in [1.29, 1.82) is 5.26 Å². The molecule has 12 nitrogen and oxygen atoms in total. The van der Waals surface area contributed by atoms with E-state index >= 15 is 0 Å². The number of anilines is 2. The van der Waals surface area contributed by atoms with E-state index in [4.69, 9.17) is 9.47 Å². The second-order valence-corrected chi connectivity index (χ2v) is 8.43. The van der Waals surface area contributed by atoms with E-state index in [-0.39, 0.29) is 23.8 Å². The number of hydrogen-bond donors (Lipinski definition) is 4. The van der Waals surface area contributed by atoms with Gasteiger partial charge in [0.15, 0.2) is 11.5 Å². The van der Waals surface area contributed by atoms with Gasteiger partial charge >= 0.3 is 0 Å². The highest BCUT2D eigenvalue weighted by molar-refractivity contribution is 6.09. The second kappa shape index (κ2) is 10.7. The molecule has 0 atom stereocenters. The molecule has 12 heteroatoms. The molecule has 0 saturated heterocycles. The number of nitrogens with one attached hydrogen (secondary N) is 4. The number of methoxy groups -OCH3 is 2. The van der Waals surface area contributed by atoms with Crippen LogP contribution in [-0.2, 0) is 11.2 Å². The van der Waals surface area contributed by atoms with Crippen molar-refractivity contribution >= 4 is 34.1 Å². The summed E-state index contributed by atoms with van der Waals surface area (Å²) >= 11 is 0. The van der Waals surface area contributed by atoms with E-state index in [0.717, 1.165) is 10.9 Å². The molecule has 0 fully saturated rings. The van der Waals surface area contributed by atoms with Crippen molar-refractivity contribution in [3.05, 3.63) is 77.5 Å². The van der Waals surface area contributed by atoms with E-state index in [2.05, 4.69) is 42.3 Å².